The molecule has 0 fully saturated rings. The van der Waals surface area contributed by atoms with Crippen molar-refractivity contribution in [3.8, 4) is 11.5 Å². The minimum absolute atomic E-state index is 0.401. The number of rotatable bonds is 10. The molecule has 0 atom stereocenters. The van der Waals surface area contributed by atoms with E-state index in [1.807, 2.05) is 48.5 Å². The summed E-state index contributed by atoms with van der Waals surface area (Å²) in [4.78, 5) is 55.0. The van der Waals surface area contributed by atoms with Crippen LogP contribution in [0, 0.1) is 0 Å². The molecule has 68 heavy (non-hydrogen) atoms. The van der Waals surface area contributed by atoms with Crippen molar-refractivity contribution in [1.29, 1.82) is 0 Å². The highest BCUT2D eigenvalue weighted by atomic mass is 16.5. The van der Waals surface area contributed by atoms with Crippen molar-refractivity contribution in [2.75, 3.05) is 50.2 Å². The third-order valence-corrected chi connectivity index (χ3v) is 12.9. The zero-order valence-electron chi connectivity index (χ0n) is 38.6. The fourth-order valence-corrected chi connectivity index (χ4v) is 9.25. The first kappa shape index (κ1) is 45.2. The monoisotopic (exact) mass is 916 g/mol. The van der Waals surface area contributed by atoms with Crippen molar-refractivity contribution in [2.45, 2.75) is 59.0 Å². The first-order valence-corrected chi connectivity index (χ1v) is 22.9. The third-order valence-electron chi connectivity index (χ3n) is 12.9. The quantitative estimate of drug-likeness (QED) is 0.143. The molecule has 3 aromatic heterocycles. The van der Waals surface area contributed by atoms with Crippen LogP contribution in [0.4, 0.5) is 11.4 Å². The Hall–Kier alpha value is -7.92. The van der Waals surface area contributed by atoms with E-state index in [-0.39, 0.29) is 0 Å². The van der Waals surface area contributed by atoms with Gasteiger partial charge in [-0.1, -0.05) is 25.5 Å². The lowest BCUT2D eigenvalue weighted by atomic mass is 10.2. The lowest BCUT2D eigenvalue weighted by Gasteiger charge is -2.30. The lowest BCUT2D eigenvalue weighted by Crippen LogP contribution is -2.34. The molecule has 17 heteroatoms. The molecular formula is C51H56N12O5. The molecule has 3 amide bonds. The summed E-state index contributed by atoms with van der Waals surface area (Å²) >= 11 is 0. The van der Waals surface area contributed by atoms with Crippen molar-refractivity contribution < 1.29 is 23.9 Å². The Bertz CT molecular complexity index is 3160. The molecular weight excluding hydrogens is 861 g/mol. The average Bonchev–Trinajstić information content (AvgIpc) is 4.05. The number of fused-ring (bicyclic) bond motifs is 9. The number of carbonyl (C=O) groups is 3. The number of imidazole rings is 3. The van der Waals surface area contributed by atoms with Gasteiger partial charge in [0.15, 0.2) is 0 Å². The fraction of sp³-hybridized carbons (Fsp3) is 0.294. The number of amides is 3. The second kappa shape index (κ2) is 19.5. The third kappa shape index (κ3) is 9.24. The smallest absolute Gasteiger partial charge is 0.248 e. The normalized spacial score (nSPS) is 14.3. The summed E-state index contributed by atoms with van der Waals surface area (Å²) in [6.07, 6.45) is 2.45. The zero-order chi connectivity index (χ0) is 47.5. The van der Waals surface area contributed by atoms with E-state index in [1.54, 1.807) is 50.6 Å². The Kier molecular flexibility index (Phi) is 13.0. The molecule has 350 valence electrons. The summed E-state index contributed by atoms with van der Waals surface area (Å²) in [6.45, 7) is 11.2. The molecule has 0 saturated carbocycles. The minimum Gasteiger partial charge on any atom is -0.497 e. The van der Waals surface area contributed by atoms with Gasteiger partial charge in [-0.2, -0.15) is 0 Å². The van der Waals surface area contributed by atoms with Crippen LogP contribution in [0.3, 0.4) is 0 Å². The topological polar surface area (TPSA) is 211 Å². The number of primary amides is 3. The summed E-state index contributed by atoms with van der Waals surface area (Å²) in [6, 6.07) is 32.5. The number of unbranched alkanes of at least 4 members (excludes halogenated alkanes) is 1. The van der Waals surface area contributed by atoms with Gasteiger partial charge < -0.3 is 50.2 Å². The Labute approximate surface area is 393 Å². The van der Waals surface area contributed by atoms with Crippen LogP contribution in [0.15, 0.2) is 103 Å². The molecule has 3 aliphatic rings. The molecule has 0 unspecified atom stereocenters. The van der Waals surface area contributed by atoms with Crippen LogP contribution in [0.1, 0.15) is 68.3 Å². The summed E-state index contributed by atoms with van der Waals surface area (Å²) in [7, 11) is 3.35. The maximum absolute atomic E-state index is 11.4. The summed E-state index contributed by atoms with van der Waals surface area (Å²) in [5, 5.41) is 0. The predicted octanol–water partition coefficient (Wildman–Crippen LogP) is 6.08. The van der Waals surface area contributed by atoms with E-state index in [1.165, 1.54) is 12.8 Å². The molecule has 0 radical (unpaired) electrons. The molecule has 6 heterocycles. The number of para-hydroxylation sites is 2. The van der Waals surface area contributed by atoms with Gasteiger partial charge in [-0.15, -0.1) is 0 Å². The molecule has 0 spiro atoms. The number of ether oxygens (including phenoxy) is 2. The maximum Gasteiger partial charge on any atom is 0.248 e. The van der Waals surface area contributed by atoms with Crippen molar-refractivity contribution in [3.05, 3.63) is 137 Å². The van der Waals surface area contributed by atoms with Crippen LogP contribution in [0.2, 0.25) is 0 Å². The van der Waals surface area contributed by atoms with E-state index in [2.05, 4.69) is 58.5 Å². The van der Waals surface area contributed by atoms with Crippen LogP contribution in [-0.2, 0) is 39.3 Å². The Morgan fingerprint density at radius 3 is 1.50 bits per heavy atom. The first-order chi connectivity index (χ1) is 33.0. The van der Waals surface area contributed by atoms with Gasteiger partial charge in [0.25, 0.3) is 0 Å². The van der Waals surface area contributed by atoms with E-state index < -0.39 is 17.7 Å². The number of anilines is 2. The molecule has 0 saturated heterocycles. The van der Waals surface area contributed by atoms with Crippen molar-refractivity contribution in [2.24, 2.45) is 17.2 Å². The number of benzene rings is 5. The average molecular weight is 917 g/mol. The van der Waals surface area contributed by atoms with Gasteiger partial charge in [-0.25, -0.2) is 15.0 Å². The summed E-state index contributed by atoms with van der Waals surface area (Å²) in [5.41, 5.74) is 25.4. The zero-order valence-corrected chi connectivity index (χ0v) is 38.6. The summed E-state index contributed by atoms with van der Waals surface area (Å²) < 4.78 is 17.3. The van der Waals surface area contributed by atoms with Gasteiger partial charge in [0.1, 0.15) is 29.0 Å². The molecule has 3 aliphatic heterocycles. The number of hydrogen-bond acceptors (Lipinski definition) is 11. The van der Waals surface area contributed by atoms with Gasteiger partial charge in [0, 0.05) is 61.6 Å². The number of nitrogens with zero attached hydrogens (tertiary/aromatic N) is 9. The van der Waals surface area contributed by atoms with E-state index in [0.29, 0.717) is 23.2 Å². The Morgan fingerprint density at radius 2 is 1.01 bits per heavy atom. The van der Waals surface area contributed by atoms with E-state index >= 15 is 0 Å². The molecule has 11 rings (SSSR count). The highest BCUT2D eigenvalue weighted by molar-refractivity contribution is 5.98. The van der Waals surface area contributed by atoms with Crippen molar-refractivity contribution in [1.82, 2.24) is 33.6 Å². The van der Waals surface area contributed by atoms with Crippen LogP contribution in [-0.4, -0.2) is 91.7 Å². The number of methoxy groups -OCH3 is 2. The number of hydrogen-bond donors (Lipinski definition) is 3. The Morgan fingerprint density at radius 1 is 0.544 bits per heavy atom. The second-order valence-corrected chi connectivity index (χ2v) is 17.1. The molecule has 0 aliphatic carbocycles. The SMILES string of the molecule is CCCCN1CCn2c(nc3cc(C(N)=O)ccc32)C1.COc1ccc(N2CCn3c(nc4cc(C(N)=O)ccc43)C2)cc1.COc1ccccc1N1CCn2c(nc3cc(C(N)=O)ccc32)C1. The minimum atomic E-state index is -0.432. The van der Waals surface area contributed by atoms with Crippen LogP contribution in [0.25, 0.3) is 33.1 Å². The predicted molar refractivity (Wildman–Crippen MR) is 263 cm³/mol. The van der Waals surface area contributed by atoms with Crippen LogP contribution < -0.4 is 36.5 Å². The standard InChI is InChI=1S/2C18H18N4O2.C15H20N4O/c1-24-14-5-3-13(4-6-14)21-8-9-22-16-7-2-12(18(19)23)10-15(16)20-17(22)11-21;1-24-16-5-3-2-4-15(16)21-8-9-22-14-7-6-12(18(19)23)10-13(14)20-17(22)11-21;1-2-3-6-18-7-8-19-13-5-4-11(15(16)20)9-12(13)17-14(19)10-18/h2*2-7,10H,8-9,11H2,1H3,(H2,19,23);4-5,9H,2-3,6-8,10H2,1H3,(H2,16,20). The molecule has 6 N–H and O–H groups in total. The maximum atomic E-state index is 11.4. The highest BCUT2D eigenvalue weighted by Crippen LogP contribution is 2.32. The van der Waals surface area contributed by atoms with Gasteiger partial charge in [0.05, 0.1) is 72.6 Å². The van der Waals surface area contributed by atoms with Crippen molar-refractivity contribution in [3.63, 3.8) is 0 Å². The van der Waals surface area contributed by atoms with Gasteiger partial charge in [-0.3, -0.25) is 19.3 Å². The highest BCUT2D eigenvalue weighted by Gasteiger charge is 2.24. The molecule has 0 bridgehead atoms. The van der Waals surface area contributed by atoms with Crippen LogP contribution in [0.5, 0.6) is 11.5 Å². The first-order valence-electron chi connectivity index (χ1n) is 22.9. The van der Waals surface area contributed by atoms with E-state index in [9.17, 15) is 14.4 Å². The van der Waals surface area contributed by atoms with E-state index in [0.717, 1.165) is 132 Å². The largest absolute Gasteiger partial charge is 0.497 e. The number of aromatic nitrogens is 6. The fourth-order valence-electron chi connectivity index (χ4n) is 9.25. The van der Waals surface area contributed by atoms with Gasteiger partial charge in [-0.05, 0) is 104 Å². The molecule has 8 aromatic rings. The van der Waals surface area contributed by atoms with Crippen LogP contribution >= 0.6 is 0 Å². The van der Waals surface area contributed by atoms with Crippen molar-refractivity contribution >= 4 is 62.2 Å². The lowest BCUT2D eigenvalue weighted by molar-refractivity contribution is 0.0992. The van der Waals surface area contributed by atoms with E-state index in [4.69, 9.17) is 36.6 Å². The Balaban J connectivity index is 0.000000128. The molecule has 5 aromatic carbocycles. The molecule has 17 nitrogen and oxygen atoms in total. The number of nitrogens with two attached hydrogens (primary N) is 3. The second-order valence-electron chi connectivity index (χ2n) is 17.1. The summed E-state index contributed by atoms with van der Waals surface area (Å²) in [5.74, 6) is 3.50. The van der Waals surface area contributed by atoms with Gasteiger partial charge in [0.2, 0.25) is 17.7 Å². The number of carbonyl (C=O) groups excluding carboxylic acids is 3. The van der Waals surface area contributed by atoms with Gasteiger partial charge >= 0.3 is 0 Å².